The van der Waals surface area contributed by atoms with Crippen LogP contribution in [0.5, 0.6) is 0 Å². The van der Waals surface area contributed by atoms with Crippen LogP contribution in [-0.2, 0) is 0 Å². The lowest BCUT2D eigenvalue weighted by molar-refractivity contribution is 0.619. The summed E-state index contributed by atoms with van der Waals surface area (Å²) in [6, 6.07) is 0. The number of amidine groups is 1. The molecule has 76 valence electrons. The van der Waals surface area contributed by atoms with Gasteiger partial charge in [0.1, 0.15) is 17.9 Å². The molecule has 0 spiro atoms. The number of aromatic nitrogens is 2. The zero-order valence-electron chi connectivity index (χ0n) is 8.32. The summed E-state index contributed by atoms with van der Waals surface area (Å²) < 4.78 is 0. The first-order valence-electron chi connectivity index (χ1n) is 4.01. The fourth-order valence-electron chi connectivity index (χ4n) is 0.735. The lowest BCUT2D eigenvalue weighted by Gasteiger charge is -2.11. The van der Waals surface area contributed by atoms with E-state index in [9.17, 15) is 0 Å². The topological polar surface area (TPSA) is 67.4 Å². The molecule has 0 aliphatic rings. The number of hydrogen-bond acceptors (Lipinski definition) is 4. The molecule has 1 heterocycles. The molecular weight excluding hydrogens is 202 g/mol. The average Bonchev–Trinajstić information content (AvgIpc) is 2.11. The summed E-state index contributed by atoms with van der Waals surface area (Å²) in [5.41, 5.74) is 6.03. The Morgan fingerprint density at radius 1 is 1.50 bits per heavy atom. The molecule has 0 unspecified atom stereocenters. The molecule has 14 heavy (non-hydrogen) atoms. The van der Waals surface area contributed by atoms with Crippen LogP contribution in [0.4, 0.5) is 11.5 Å². The Hall–Kier alpha value is -1.36. The molecule has 1 rings (SSSR count). The monoisotopic (exact) mass is 213 g/mol. The van der Waals surface area contributed by atoms with Crippen molar-refractivity contribution in [3.8, 4) is 0 Å². The van der Waals surface area contributed by atoms with E-state index in [1.807, 2.05) is 25.9 Å². The van der Waals surface area contributed by atoms with Gasteiger partial charge in [-0.25, -0.2) is 15.0 Å². The van der Waals surface area contributed by atoms with Crippen molar-refractivity contribution in [1.29, 1.82) is 0 Å². The first-order chi connectivity index (χ1) is 6.52. The smallest absolute Gasteiger partial charge is 0.160 e. The Bertz CT molecular complexity index is 340. The van der Waals surface area contributed by atoms with Crippen LogP contribution in [0.15, 0.2) is 11.3 Å². The highest BCUT2D eigenvalue weighted by atomic mass is 35.5. The average molecular weight is 214 g/mol. The van der Waals surface area contributed by atoms with Crippen LogP contribution < -0.4 is 5.73 Å². The Kier molecular flexibility index (Phi) is 3.24. The van der Waals surface area contributed by atoms with Crippen LogP contribution in [0.25, 0.3) is 0 Å². The molecule has 0 saturated carbocycles. The molecule has 2 N–H and O–H groups in total. The number of nitrogens with zero attached hydrogens (tertiary/aromatic N) is 4. The van der Waals surface area contributed by atoms with Crippen LogP contribution >= 0.6 is 11.6 Å². The van der Waals surface area contributed by atoms with Gasteiger partial charge in [-0.15, -0.1) is 0 Å². The first kappa shape index (κ1) is 10.7. The van der Waals surface area contributed by atoms with Crippen molar-refractivity contribution in [1.82, 2.24) is 14.9 Å². The van der Waals surface area contributed by atoms with Crippen molar-refractivity contribution in [3.63, 3.8) is 0 Å². The van der Waals surface area contributed by atoms with Gasteiger partial charge < -0.3 is 10.6 Å². The van der Waals surface area contributed by atoms with E-state index in [4.69, 9.17) is 17.3 Å². The molecule has 0 bridgehead atoms. The Labute approximate surface area is 87.6 Å². The minimum absolute atomic E-state index is 0.263. The highest BCUT2D eigenvalue weighted by molar-refractivity contribution is 6.32. The predicted molar refractivity (Wildman–Crippen MR) is 57.9 cm³/mol. The molecule has 1 aromatic rings. The van der Waals surface area contributed by atoms with Gasteiger partial charge >= 0.3 is 0 Å². The predicted octanol–water partition coefficient (Wildman–Crippen LogP) is 1.32. The third-order valence-corrected chi connectivity index (χ3v) is 2.00. The highest BCUT2D eigenvalue weighted by Gasteiger charge is 2.06. The van der Waals surface area contributed by atoms with E-state index in [-0.39, 0.29) is 11.0 Å². The number of halogens is 1. The Morgan fingerprint density at radius 2 is 2.14 bits per heavy atom. The molecule has 5 nitrogen and oxygen atoms in total. The highest BCUT2D eigenvalue weighted by Crippen LogP contribution is 2.27. The van der Waals surface area contributed by atoms with Gasteiger partial charge in [-0.1, -0.05) is 11.6 Å². The normalized spacial score (nSPS) is 11.6. The third kappa shape index (κ3) is 2.32. The largest absolute Gasteiger partial charge is 0.382 e. The number of aliphatic imine (C=N–C) groups is 1. The Morgan fingerprint density at radius 3 is 2.64 bits per heavy atom. The number of hydrogen-bond donors (Lipinski definition) is 1. The lowest BCUT2D eigenvalue weighted by atomic mass is 10.4. The van der Waals surface area contributed by atoms with Gasteiger partial charge in [0.25, 0.3) is 0 Å². The summed E-state index contributed by atoms with van der Waals surface area (Å²) in [5.74, 6) is 1.07. The molecule has 0 aromatic carbocycles. The summed E-state index contributed by atoms with van der Waals surface area (Å²) in [6.45, 7) is 1.85. The van der Waals surface area contributed by atoms with Gasteiger partial charge in [-0.05, 0) is 6.92 Å². The molecule has 0 atom stereocenters. The Balaban J connectivity index is 3.14. The molecule has 1 aromatic heterocycles. The van der Waals surface area contributed by atoms with Gasteiger partial charge in [0, 0.05) is 14.1 Å². The second-order valence-electron chi connectivity index (χ2n) is 2.95. The van der Waals surface area contributed by atoms with Crippen LogP contribution in [0.3, 0.4) is 0 Å². The van der Waals surface area contributed by atoms with E-state index < -0.39 is 0 Å². The molecule has 0 fully saturated rings. The van der Waals surface area contributed by atoms with Crippen molar-refractivity contribution in [2.24, 2.45) is 4.99 Å². The second kappa shape index (κ2) is 4.23. The van der Waals surface area contributed by atoms with Crippen LogP contribution in [0.1, 0.15) is 6.92 Å². The number of rotatable bonds is 1. The fourth-order valence-corrected chi connectivity index (χ4v) is 0.918. The van der Waals surface area contributed by atoms with E-state index in [2.05, 4.69) is 15.0 Å². The van der Waals surface area contributed by atoms with Crippen molar-refractivity contribution < 1.29 is 0 Å². The summed E-state index contributed by atoms with van der Waals surface area (Å²) in [4.78, 5) is 13.7. The molecular formula is C8H12ClN5. The van der Waals surface area contributed by atoms with Gasteiger partial charge in [0.05, 0.1) is 0 Å². The zero-order chi connectivity index (χ0) is 10.7. The zero-order valence-corrected chi connectivity index (χ0v) is 9.08. The number of anilines is 1. The quantitative estimate of drug-likeness (QED) is 0.434. The fraction of sp³-hybridized carbons (Fsp3) is 0.375. The second-order valence-corrected chi connectivity index (χ2v) is 3.31. The maximum Gasteiger partial charge on any atom is 0.160 e. The molecule has 0 saturated heterocycles. The van der Waals surface area contributed by atoms with E-state index in [1.165, 1.54) is 6.33 Å². The van der Waals surface area contributed by atoms with E-state index >= 15 is 0 Å². The first-order valence-corrected chi connectivity index (χ1v) is 4.38. The van der Waals surface area contributed by atoms with Crippen molar-refractivity contribution >= 4 is 28.9 Å². The summed E-state index contributed by atoms with van der Waals surface area (Å²) in [6.07, 6.45) is 1.31. The minimum atomic E-state index is 0.263. The summed E-state index contributed by atoms with van der Waals surface area (Å²) in [5, 5.41) is 0.263. The maximum absolute atomic E-state index is 5.82. The molecule has 0 aliphatic heterocycles. The molecule has 0 amide bonds. The molecule has 0 radical (unpaired) electrons. The standard InChI is InChI=1S/C8H12ClN5/c1-5(14(2)3)13-6-7(9)11-4-12-8(6)10/h4H,1-3H3,(H2,10,11,12). The van der Waals surface area contributed by atoms with Crippen molar-refractivity contribution in [3.05, 3.63) is 11.5 Å². The van der Waals surface area contributed by atoms with E-state index in [0.717, 1.165) is 5.84 Å². The summed E-state index contributed by atoms with van der Waals surface area (Å²) in [7, 11) is 3.76. The minimum Gasteiger partial charge on any atom is -0.382 e. The van der Waals surface area contributed by atoms with Gasteiger partial charge in [0.2, 0.25) is 0 Å². The molecule has 6 heteroatoms. The lowest BCUT2D eigenvalue weighted by Crippen LogP contribution is -2.18. The molecule has 0 aliphatic carbocycles. The van der Waals surface area contributed by atoms with E-state index in [1.54, 1.807) is 0 Å². The number of nitrogen functional groups attached to an aromatic ring is 1. The summed E-state index contributed by atoms with van der Waals surface area (Å²) >= 11 is 5.82. The van der Waals surface area contributed by atoms with Crippen LogP contribution in [-0.4, -0.2) is 34.8 Å². The van der Waals surface area contributed by atoms with Crippen LogP contribution in [0.2, 0.25) is 5.15 Å². The van der Waals surface area contributed by atoms with Crippen LogP contribution in [0, 0.1) is 0 Å². The third-order valence-electron chi connectivity index (χ3n) is 1.73. The van der Waals surface area contributed by atoms with Gasteiger partial charge in [-0.3, -0.25) is 0 Å². The maximum atomic E-state index is 5.82. The number of nitrogens with two attached hydrogens (primary N) is 1. The van der Waals surface area contributed by atoms with Crippen molar-refractivity contribution in [2.75, 3.05) is 19.8 Å². The van der Waals surface area contributed by atoms with E-state index in [0.29, 0.717) is 5.69 Å². The van der Waals surface area contributed by atoms with Crippen molar-refractivity contribution in [2.45, 2.75) is 6.92 Å². The van der Waals surface area contributed by atoms with Gasteiger partial charge in [-0.2, -0.15) is 0 Å². The van der Waals surface area contributed by atoms with Gasteiger partial charge in [0.15, 0.2) is 11.0 Å². The SMILES string of the molecule is CC(=Nc1c(N)ncnc1Cl)N(C)C.